The summed E-state index contributed by atoms with van der Waals surface area (Å²) in [6, 6.07) is 14.2. The molecule has 0 radical (unpaired) electrons. The van der Waals surface area contributed by atoms with Crippen molar-refractivity contribution in [2.75, 3.05) is 5.32 Å². The number of nitrogens with one attached hydrogen (secondary N) is 1. The summed E-state index contributed by atoms with van der Waals surface area (Å²) in [4.78, 5) is 30.2. The van der Waals surface area contributed by atoms with E-state index >= 15 is 0 Å². The highest BCUT2D eigenvalue weighted by molar-refractivity contribution is 6.30. The molecule has 2 heterocycles. The minimum Gasteiger partial charge on any atom is -0.325 e. The van der Waals surface area contributed by atoms with Crippen molar-refractivity contribution < 1.29 is 4.79 Å². The predicted molar refractivity (Wildman–Crippen MR) is 113 cm³/mol. The standard InChI is InChI=1S/C21H20ClN5O2/c1-2-3-8-18-24-20-16-6-4-5-7-17(16)26(21(29)27(20)25-18)13-19(28)23-15-11-9-14(22)10-12-15/h4-7,9-12H,2-3,8,13H2,1H3,(H,23,28). The monoisotopic (exact) mass is 409 g/mol. The Balaban J connectivity index is 1.74. The Labute approximate surface area is 171 Å². The number of carbonyl (C=O) groups excluding carboxylic acids is 1. The number of nitrogens with zero attached hydrogens (tertiary/aromatic N) is 4. The Morgan fingerprint density at radius 3 is 2.66 bits per heavy atom. The Hall–Kier alpha value is -3.19. The van der Waals surface area contributed by atoms with Gasteiger partial charge < -0.3 is 5.32 Å². The van der Waals surface area contributed by atoms with Crippen LogP contribution in [0.25, 0.3) is 16.6 Å². The van der Waals surface area contributed by atoms with Crippen LogP contribution in [0.3, 0.4) is 0 Å². The van der Waals surface area contributed by atoms with Gasteiger partial charge in [0, 0.05) is 22.5 Å². The van der Waals surface area contributed by atoms with Crippen LogP contribution in [0.1, 0.15) is 25.6 Å². The Bertz CT molecular complexity index is 1240. The number of para-hydroxylation sites is 1. The van der Waals surface area contributed by atoms with E-state index in [4.69, 9.17) is 11.6 Å². The first kappa shape index (κ1) is 19.1. The van der Waals surface area contributed by atoms with Crippen molar-refractivity contribution in [3.63, 3.8) is 0 Å². The van der Waals surface area contributed by atoms with Crippen molar-refractivity contribution in [3.05, 3.63) is 69.9 Å². The highest BCUT2D eigenvalue weighted by Gasteiger charge is 2.16. The molecule has 0 aliphatic carbocycles. The number of amides is 1. The first-order valence-corrected chi connectivity index (χ1v) is 9.87. The third-order valence-corrected chi connectivity index (χ3v) is 4.93. The van der Waals surface area contributed by atoms with Gasteiger partial charge in [-0.2, -0.15) is 4.52 Å². The molecule has 0 saturated heterocycles. The van der Waals surface area contributed by atoms with Crippen molar-refractivity contribution in [2.24, 2.45) is 0 Å². The van der Waals surface area contributed by atoms with Gasteiger partial charge in [-0.1, -0.05) is 37.1 Å². The van der Waals surface area contributed by atoms with E-state index in [-0.39, 0.29) is 18.1 Å². The largest absolute Gasteiger partial charge is 0.351 e. The van der Waals surface area contributed by atoms with Crippen molar-refractivity contribution >= 4 is 39.7 Å². The number of aryl methyl sites for hydroxylation is 1. The molecular weight excluding hydrogens is 390 g/mol. The number of benzene rings is 2. The van der Waals surface area contributed by atoms with E-state index in [2.05, 4.69) is 22.3 Å². The Morgan fingerprint density at radius 2 is 1.90 bits per heavy atom. The molecule has 7 nitrogen and oxygen atoms in total. The fourth-order valence-electron chi connectivity index (χ4n) is 3.25. The third kappa shape index (κ3) is 3.86. The lowest BCUT2D eigenvalue weighted by atomic mass is 10.2. The zero-order chi connectivity index (χ0) is 20.4. The van der Waals surface area contributed by atoms with Gasteiger partial charge in [-0.15, -0.1) is 5.10 Å². The van der Waals surface area contributed by atoms with Crippen LogP contribution in [0, 0.1) is 0 Å². The summed E-state index contributed by atoms with van der Waals surface area (Å²) in [5.41, 5.74) is 1.39. The van der Waals surface area contributed by atoms with Crippen LogP contribution in [0.4, 0.5) is 5.69 Å². The maximum atomic E-state index is 13.1. The van der Waals surface area contributed by atoms with Crippen molar-refractivity contribution in [1.29, 1.82) is 0 Å². The number of halogens is 1. The molecule has 4 aromatic rings. The van der Waals surface area contributed by atoms with E-state index in [9.17, 15) is 9.59 Å². The predicted octanol–water partition coefficient (Wildman–Crippen LogP) is 3.68. The molecule has 4 rings (SSSR count). The van der Waals surface area contributed by atoms with E-state index in [0.29, 0.717) is 34.1 Å². The maximum Gasteiger partial charge on any atom is 0.351 e. The van der Waals surface area contributed by atoms with Crippen LogP contribution in [0.2, 0.25) is 5.02 Å². The number of hydrogen-bond donors (Lipinski definition) is 1. The van der Waals surface area contributed by atoms with Gasteiger partial charge in [-0.25, -0.2) is 9.78 Å². The van der Waals surface area contributed by atoms with Gasteiger partial charge in [0.15, 0.2) is 11.5 Å². The maximum absolute atomic E-state index is 13.1. The van der Waals surface area contributed by atoms with E-state index in [1.54, 1.807) is 24.3 Å². The normalized spacial score (nSPS) is 11.2. The van der Waals surface area contributed by atoms with Gasteiger partial charge in [0.05, 0.1) is 5.52 Å². The number of fused-ring (bicyclic) bond motifs is 3. The SMILES string of the molecule is CCCCc1nc2c3ccccc3n(CC(=O)Nc3ccc(Cl)cc3)c(=O)n2n1. The first-order chi connectivity index (χ1) is 14.1. The molecule has 0 aliphatic heterocycles. The van der Waals surface area contributed by atoms with E-state index < -0.39 is 0 Å². The van der Waals surface area contributed by atoms with Gasteiger partial charge in [0.2, 0.25) is 5.91 Å². The van der Waals surface area contributed by atoms with Crippen molar-refractivity contribution in [1.82, 2.24) is 19.2 Å². The summed E-state index contributed by atoms with van der Waals surface area (Å²) >= 11 is 5.88. The quantitative estimate of drug-likeness (QED) is 0.526. The number of carbonyl (C=O) groups is 1. The first-order valence-electron chi connectivity index (χ1n) is 9.49. The molecule has 0 unspecified atom stereocenters. The van der Waals surface area contributed by atoms with Crippen LogP contribution in [0.5, 0.6) is 0 Å². The Kier molecular flexibility index (Phi) is 5.31. The van der Waals surface area contributed by atoms with Crippen LogP contribution >= 0.6 is 11.6 Å². The smallest absolute Gasteiger partial charge is 0.325 e. The minimum absolute atomic E-state index is 0.137. The highest BCUT2D eigenvalue weighted by Crippen LogP contribution is 2.18. The number of unbranched alkanes of at least 4 members (excludes halogenated alkanes) is 1. The van der Waals surface area contributed by atoms with E-state index in [1.165, 1.54) is 9.08 Å². The summed E-state index contributed by atoms with van der Waals surface area (Å²) in [7, 11) is 0. The second-order valence-corrected chi connectivity index (χ2v) is 7.24. The van der Waals surface area contributed by atoms with Gasteiger partial charge in [-0.05, 0) is 42.8 Å². The second kappa shape index (κ2) is 8.05. The summed E-state index contributed by atoms with van der Waals surface area (Å²) in [5, 5.41) is 8.54. The van der Waals surface area contributed by atoms with Crippen LogP contribution in [-0.4, -0.2) is 25.1 Å². The van der Waals surface area contributed by atoms with Gasteiger partial charge in [0.25, 0.3) is 0 Å². The summed E-state index contributed by atoms with van der Waals surface area (Å²) in [6.45, 7) is 1.96. The second-order valence-electron chi connectivity index (χ2n) is 6.81. The molecule has 0 spiro atoms. The number of aromatic nitrogens is 4. The topological polar surface area (TPSA) is 81.3 Å². The van der Waals surface area contributed by atoms with Crippen LogP contribution in [0.15, 0.2) is 53.3 Å². The van der Waals surface area contributed by atoms with Crippen LogP contribution < -0.4 is 11.0 Å². The molecule has 8 heteroatoms. The average molecular weight is 410 g/mol. The molecule has 0 bridgehead atoms. The fraction of sp³-hybridized carbons (Fsp3) is 0.238. The highest BCUT2D eigenvalue weighted by atomic mass is 35.5. The molecular formula is C21H20ClN5O2. The third-order valence-electron chi connectivity index (χ3n) is 4.68. The summed E-state index contributed by atoms with van der Waals surface area (Å²) in [5.74, 6) is 0.322. The molecule has 1 amide bonds. The van der Waals surface area contributed by atoms with E-state index in [1.807, 2.05) is 24.3 Å². The Morgan fingerprint density at radius 1 is 1.14 bits per heavy atom. The molecule has 0 atom stereocenters. The molecule has 0 fully saturated rings. The molecule has 0 aliphatic rings. The zero-order valence-electron chi connectivity index (χ0n) is 15.9. The van der Waals surface area contributed by atoms with Gasteiger partial charge in [0.1, 0.15) is 6.54 Å². The fourth-order valence-corrected chi connectivity index (χ4v) is 3.37. The lowest BCUT2D eigenvalue weighted by Crippen LogP contribution is -2.32. The summed E-state index contributed by atoms with van der Waals surface area (Å²) < 4.78 is 2.72. The minimum atomic E-state index is -0.389. The number of hydrogen-bond acceptors (Lipinski definition) is 4. The summed E-state index contributed by atoms with van der Waals surface area (Å²) in [6.07, 6.45) is 2.68. The lowest BCUT2D eigenvalue weighted by molar-refractivity contribution is -0.116. The molecule has 148 valence electrons. The lowest BCUT2D eigenvalue weighted by Gasteiger charge is -2.11. The van der Waals surface area contributed by atoms with Gasteiger partial charge in [-0.3, -0.25) is 9.36 Å². The van der Waals surface area contributed by atoms with Crippen LogP contribution in [-0.2, 0) is 17.8 Å². The molecule has 0 saturated carbocycles. The molecule has 1 N–H and O–H groups in total. The van der Waals surface area contributed by atoms with Gasteiger partial charge >= 0.3 is 5.69 Å². The molecule has 2 aromatic carbocycles. The molecule has 29 heavy (non-hydrogen) atoms. The van der Waals surface area contributed by atoms with Crippen molar-refractivity contribution in [2.45, 2.75) is 32.7 Å². The van der Waals surface area contributed by atoms with E-state index in [0.717, 1.165) is 18.2 Å². The average Bonchev–Trinajstić information content (AvgIpc) is 3.16. The number of anilines is 1. The van der Waals surface area contributed by atoms with Crippen molar-refractivity contribution in [3.8, 4) is 0 Å². The zero-order valence-corrected chi connectivity index (χ0v) is 16.7. The number of rotatable bonds is 6. The molecule has 2 aromatic heterocycles.